The van der Waals surface area contributed by atoms with Gasteiger partial charge in [-0.2, -0.15) is 0 Å². The summed E-state index contributed by atoms with van der Waals surface area (Å²) < 4.78 is 43.1. The smallest absolute Gasteiger partial charge is 0.187 e. The van der Waals surface area contributed by atoms with Gasteiger partial charge in [-0.3, -0.25) is 0 Å². The zero-order chi connectivity index (χ0) is 12.5. The van der Waals surface area contributed by atoms with Crippen LogP contribution in [-0.2, 0) is 14.6 Å². The van der Waals surface area contributed by atoms with E-state index in [0.717, 1.165) is 6.07 Å². The minimum atomic E-state index is -3.77. The molecule has 2 rings (SSSR count). The largest absolute Gasteiger partial charge is 0.380 e. The van der Waals surface area contributed by atoms with Crippen molar-refractivity contribution in [1.82, 2.24) is 0 Å². The Hall–Kier alpha value is -0.980. The summed E-state index contributed by atoms with van der Waals surface area (Å²) >= 11 is 0. The first kappa shape index (κ1) is 12.5. The Balaban J connectivity index is 2.39. The van der Waals surface area contributed by atoms with Crippen LogP contribution in [0.5, 0.6) is 0 Å². The molecule has 1 aliphatic heterocycles. The van der Waals surface area contributed by atoms with E-state index in [0.29, 0.717) is 13.0 Å². The predicted octanol–water partition coefficient (Wildman–Crippen LogP) is 0.716. The molecule has 1 aromatic rings. The average Bonchev–Trinajstić information content (AvgIpc) is 2.29. The van der Waals surface area contributed by atoms with Crippen LogP contribution < -0.4 is 5.73 Å². The van der Waals surface area contributed by atoms with Crippen molar-refractivity contribution in [2.45, 2.75) is 22.6 Å². The van der Waals surface area contributed by atoms with Gasteiger partial charge in [0.05, 0.1) is 6.61 Å². The summed E-state index contributed by atoms with van der Waals surface area (Å²) in [4.78, 5) is -0.300. The summed E-state index contributed by atoms with van der Waals surface area (Å²) in [6.07, 6.45) is 0.471. The maximum Gasteiger partial charge on any atom is 0.187 e. The summed E-state index contributed by atoms with van der Waals surface area (Å²) in [6.45, 7) is 0.474. The quantitative estimate of drug-likeness (QED) is 0.849. The highest BCUT2D eigenvalue weighted by Crippen LogP contribution is 2.24. The van der Waals surface area contributed by atoms with Gasteiger partial charge in [-0.25, -0.2) is 12.8 Å². The van der Waals surface area contributed by atoms with E-state index in [2.05, 4.69) is 0 Å². The lowest BCUT2D eigenvalue weighted by atomic mass is 10.1. The summed E-state index contributed by atoms with van der Waals surface area (Å²) in [6, 6.07) is 4.82. The number of ether oxygens (including phenoxy) is 1. The molecule has 0 aliphatic carbocycles. The third-order valence-electron chi connectivity index (χ3n) is 2.90. The van der Waals surface area contributed by atoms with Crippen molar-refractivity contribution in [2.75, 3.05) is 13.2 Å². The van der Waals surface area contributed by atoms with E-state index in [4.69, 9.17) is 10.5 Å². The van der Waals surface area contributed by atoms with Crippen molar-refractivity contribution in [3.8, 4) is 0 Å². The molecule has 17 heavy (non-hydrogen) atoms. The molecule has 94 valence electrons. The first-order valence-corrected chi connectivity index (χ1v) is 6.90. The lowest BCUT2D eigenvalue weighted by Crippen LogP contribution is -2.47. The molecule has 0 spiro atoms. The van der Waals surface area contributed by atoms with Crippen LogP contribution in [0.1, 0.15) is 6.42 Å². The molecular formula is C11H14FNO3S. The van der Waals surface area contributed by atoms with Crippen LogP contribution in [0.2, 0.25) is 0 Å². The fourth-order valence-electron chi connectivity index (χ4n) is 1.89. The topological polar surface area (TPSA) is 69.4 Å². The lowest BCUT2D eigenvalue weighted by Gasteiger charge is -2.28. The van der Waals surface area contributed by atoms with E-state index in [1.165, 1.54) is 18.2 Å². The normalized spacial score (nSPS) is 25.8. The monoisotopic (exact) mass is 259 g/mol. The molecule has 2 N–H and O–H groups in total. The molecule has 1 saturated heterocycles. The van der Waals surface area contributed by atoms with Gasteiger partial charge >= 0.3 is 0 Å². The molecule has 1 heterocycles. The number of hydrogen-bond acceptors (Lipinski definition) is 4. The molecule has 0 bridgehead atoms. The van der Waals surface area contributed by atoms with Crippen molar-refractivity contribution >= 4 is 9.84 Å². The van der Waals surface area contributed by atoms with Crippen molar-refractivity contribution < 1.29 is 17.5 Å². The first-order valence-electron chi connectivity index (χ1n) is 5.35. The molecule has 0 aromatic heterocycles. The fraction of sp³-hybridized carbons (Fsp3) is 0.455. The van der Waals surface area contributed by atoms with E-state index >= 15 is 0 Å². The van der Waals surface area contributed by atoms with Gasteiger partial charge in [0, 0.05) is 12.6 Å². The Morgan fingerprint density at radius 2 is 2.06 bits per heavy atom. The minimum absolute atomic E-state index is 0.0256. The van der Waals surface area contributed by atoms with Crippen LogP contribution in [0, 0.1) is 5.82 Å². The number of benzene rings is 1. The van der Waals surface area contributed by atoms with Crippen molar-refractivity contribution in [2.24, 2.45) is 5.73 Å². The zero-order valence-corrected chi connectivity index (χ0v) is 9.99. The van der Waals surface area contributed by atoms with E-state index < -0.39 is 26.9 Å². The number of rotatable bonds is 2. The SMILES string of the molecule is NC1CCOCC1S(=O)(=O)c1ccccc1F. The molecule has 1 aromatic carbocycles. The van der Waals surface area contributed by atoms with Crippen LogP contribution in [0.4, 0.5) is 4.39 Å². The van der Waals surface area contributed by atoms with Crippen molar-refractivity contribution in [1.29, 1.82) is 0 Å². The van der Waals surface area contributed by atoms with Gasteiger partial charge in [-0.15, -0.1) is 0 Å². The maximum atomic E-state index is 13.5. The highest BCUT2D eigenvalue weighted by molar-refractivity contribution is 7.92. The molecule has 2 unspecified atom stereocenters. The van der Waals surface area contributed by atoms with Crippen LogP contribution in [0.3, 0.4) is 0 Å². The fourth-order valence-corrected chi connectivity index (χ4v) is 3.69. The molecule has 1 aliphatic rings. The molecular weight excluding hydrogens is 245 g/mol. The van der Waals surface area contributed by atoms with Crippen molar-refractivity contribution in [3.63, 3.8) is 0 Å². The summed E-state index contributed by atoms with van der Waals surface area (Å²) in [5.41, 5.74) is 5.77. The summed E-state index contributed by atoms with van der Waals surface area (Å²) in [7, 11) is -3.77. The lowest BCUT2D eigenvalue weighted by molar-refractivity contribution is 0.0891. The van der Waals surface area contributed by atoms with Crippen LogP contribution in [-0.4, -0.2) is 32.9 Å². The summed E-state index contributed by atoms with van der Waals surface area (Å²) in [5, 5.41) is -0.867. The van der Waals surface area contributed by atoms with Gasteiger partial charge in [0.2, 0.25) is 0 Å². The Morgan fingerprint density at radius 1 is 1.35 bits per heavy atom. The van der Waals surface area contributed by atoms with E-state index in [-0.39, 0.29) is 11.5 Å². The van der Waals surface area contributed by atoms with Crippen LogP contribution in [0.25, 0.3) is 0 Å². The number of hydrogen-bond donors (Lipinski definition) is 1. The van der Waals surface area contributed by atoms with Gasteiger partial charge in [0.25, 0.3) is 0 Å². The molecule has 1 fully saturated rings. The highest BCUT2D eigenvalue weighted by Gasteiger charge is 2.36. The molecule has 6 heteroatoms. The third-order valence-corrected chi connectivity index (χ3v) is 5.12. The highest BCUT2D eigenvalue weighted by atomic mass is 32.2. The van der Waals surface area contributed by atoms with E-state index in [9.17, 15) is 12.8 Å². The van der Waals surface area contributed by atoms with Gasteiger partial charge in [-0.05, 0) is 18.6 Å². The van der Waals surface area contributed by atoms with Gasteiger partial charge in [0.15, 0.2) is 9.84 Å². The Kier molecular flexibility index (Phi) is 3.46. The zero-order valence-electron chi connectivity index (χ0n) is 9.17. The molecule has 0 saturated carbocycles. The molecule has 2 atom stereocenters. The Bertz CT molecular complexity index is 503. The summed E-state index contributed by atoms with van der Waals surface area (Å²) in [5.74, 6) is -0.745. The minimum Gasteiger partial charge on any atom is -0.380 e. The molecule has 4 nitrogen and oxygen atoms in total. The van der Waals surface area contributed by atoms with Gasteiger partial charge < -0.3 is 10.5 Å². The Labute approximate surface area is 99.5 Å². The van der Waals surface area contributed by atoms with E-state index in [1.807, 2.05) is 0 Å². The Morgan fingerprint density at radius 3 is 2.71 bits per heavy atom. The van der Waals surface area contributed by atoms with Crippen LogP contribution in [0.15, 0.2) is 29.2 Å². The van der Waals surface area contributed by atoms with Crippen molar-refractivity contribution in [3.05, 3.63) is 30.1 Å². The second kappa shape index (κ2) is 4.72. The van der Waals surface area contributed by atoms with Gasteiger partial charge in [0.1, 0.15) is 16.0 Å². The number of sulfone groups is 1. The third kappa shape index (κ3) is 2.34. The van der Waals surface area contributed by atoms with Crippen LogP contribution >= 0.6 is 0 Å². The van der Waals surface area contributed by atoms with E-state index in [1.54, 1.807) is 0 Å². The molecule has 0 amide bonds. The number of nitrogens with two attached hydrogens (primary N) is 1. The second-order valence-corrected chi connectivity index (χ2v) is 6.18. The second-order valence-electron chi connectivity index (χ2n) is 4.04. The first-order chi connectivity index (χ1) is 8.03. The standard InChI is InChI=1S/C11H14FNO3S/c12-8-3-1-2-4-10(8)17(14,15)11-7-16-6-5-9(11)13/h1-4,9,11H,5-7,13H2. The predicted molar refractivity (Wildman–Crippen MR) is 60.8 cm³/mol. The van der Waals surface area contributed by atoms with Gasteiger partial charge in [-0.1, -0.05) is 12.1 Å². The molecule has 0 radical (unpaired) electrons. The average molecular weight is 259 g/mol. The maximum absolute atomic E-state index is 13.5. The number of halogens is 1.